The van der Waals surface area contributed by atoms with Crippen LogP contribution in [-0.4, -0.2) is 48.9 Å². The molecular weight excluding hydrogens is 292 g/mol. The first kappa shape index (κ1) is 20.5. The van der Waals surface area contributed by atoms with Gasteiger partial charge in [-0.1, -0.05) is 6.92 Å². The molecule has 1 heterocycles. The van der Waals surface area contributed by atoms with Crippen molar-refractivity contribution in [2.75, 3.05) is 19.8 Å². The third kappa shape index (κ3) is 8.06. The molecule has 0 atom stereocenters. The van der Waals surface area contributed by atoms with Crippen molar-refractivity contribution >= 4 is 17.8 Å². The number of hydrogen-bond donors (Lipinski definition) is 1. The quantitative estimate of drug-likeness (QED) is 0.519. The second kappa shape index (κ2) is 12.1. The Kier molecular flexibility index (Phi) is 11.2. The zero-order valence-electron chi connectivity index (χ0n) is 13.5. The SMILES string of the molecule is CCC(=O)ON1C(=O)CCC1=O.CCOC(CCN)OCC. The van der Waals surface area contributed by atoms with Gasteiger partial charge < -0.3 is 20.0 Å². The fourth-order valence-corrected chi connectivity index (χ4v) is 1.55. The van der Waals surface area contributed by atoms with Gasteiger partial charge in [0.05, 0.1) is 0 Å². The molecule has 1 rings (SSSR count). The van der Waals surface area contributed by atoms with Crippen molar-refractivity contribution in [1.82, 2.24) is 5.06 Å². The minimum atomic E-state index is -0.571. The van der Waals surface area contributed by atoms with E-state index in [-0.39, 0.29) is 25.6 Å². The van der Waals surface area contributed by atoms with Crippen molar-refractivity contribution in [2.45, 2.75) is 52.7 Å². The van der Waals surface area contributed by atoms with E-state index in [4.69, 9.17) is 15.2 Å². The number of amides is 2. The Hall–Kier alpha value is -1.51. The molecule has 0 saturated carbocycles. The highest BCUT2D eigenvalue weighted by atomic mass is 16.7. The number of nitrogens with two attached hydrogens (primary N) is 1. The summed E-state index contributed by atoms with van der Waals surface area (Å²) >= 11 is 0. The van der Waals surface area contributed by atoms with Crippen molar-refractivity contribution in [3.8, 4) is 0 Å². The number of rotatable bonds is 8. The Morgan fingerprint density at radius 1 is 1.14 bits per heavy atom. The van der Waals surface area contributed by atoms with Crippen molar-refractivity contribution in [1.29, 1.82) is 0 Å². The molecule has 8 nitrogen and oxygen atoms in total. The maximum atomic E-state index is 10.9. The Labute approximate surface area is 130 Å². The Bertz CT molecular complexity index is 331. The molecule has 1 aliphatic rings. The molecule has 128 valence electrons. The predicted molar refractivity (Wildman–Crippen MR) is 78.2 cm³/mol. The van der Waals surface area contributed by atoms with E-state index < -0.39 is 17.8 Å². The van der Waals surface area contributed by atoms with Crippen molar-refractivity contribution in [3.05, 3.63) is 0 Å². The summed E-state index contributed by atoms with van der Waals surface area (Å²) in [5.41, 5.74) is 5.33. The fourth-order valence-electron chi connectivity index (χ4n) is 1.55. The maximum absolute atomic E-state index is 10.9. The lowest BCUT2D eigenvalue weighted by Gasteiger charge is -2.15. The monoisotopic (exact) mass is 318 g/mol. The highest BCUT2D eigenvalue weighted by molar-refractivity contribution is 6.01. The van der Waals surface area contributed by atoms with E-state index in [1.54, 1.807) is 6.92 Å². The summed E-state index contributed by atoms with van der Waals surface area (Å²) in [5.74, 6) is -1.46. The summed E-state index contributed by atoms with van der Waals surface area (Å²) in [5, 5.41) is 0.547. The largest absolute Gasteiger partial charge is 0.353 e. The number of nitrogens with zero attached hydrogens (tertiary/aromatic N) is 1. The third-order valence-corrected chi connectivity index (χ3v) is 2.60. The number of ether oxygens (including phenoxy) is 2. The standard InChI is InChI=1S/C7H9NO4.C7H17NO2/c1-2-7(11)12-8-5(9)3-4-6(8)10;1-3-9-7(5-6-8)10-4-2/h2-4H2,1H3;7H,3-6,8H2,1-2H3. The lowest BCUT2D eigenvalue weighted by atomic mass is 10.4. The van der Waals surface area contributed by atoms with E-state index in [0.29, 0.717) is 24.8 Å². The molecule has 2 N–H and O–H groups in total. The van der Waals surface area contributed by atoms with Crippen LogP contribution < -0.4 is 5.73 Å². The average Bonchev–Trinajstić information content (AvgIpc) is 2.80. The highest BCUT2D eigenvalue weighted by Crippen LogP contribution is 2.12. The number of hydroxylamine groups is 2. The van der Waals surface area contributed by atoms with Crippen LogP contribution in [0.15, 0.2) is 0 Å². The molecule has 0 bridgehead atoms. The molecule has 1 aliphatic heterocycles. The van der Waals surface area contributed by atoms with Gasteiger partial charge in [-0.05, 0) is 20.4 Å². The number of carbonyl (C=O) groups excluding carboxylic acids is 3. The van der Waals surface area contributed by atoms with Crippen LogP contribution in [0.1, 0.15) is 46.5 Å². The second-order valence-corrected chi connectivity index (χ2v) is 4.32. The maximum Gasteiger partial charge on any atom is 0.332 e. The van der Waals surface area contributed by atoms with E-state index >= 15 is 0 Å². The van der Waals surface area contributed by atoms with Crippen molar-refractivity contribution < 1.29 is 28.7 Å². The van der Waals surface area contributed by atoms with Crippen LogP contribution in [0.2, 0.25) is 0 Å². The predicted octanol–water partition coefficient (Wildman–Crippen LogP) is 0.738. The van der Waals surface area contributed by atoms with E-state index in [1.165, 1.54) is 0 Å². The van der Waals surface area contributed by atoms with Gasteiger partial charge in [-0.25, -0.2) is 4.79 Å². The molecule has 1 fully saturated rings. The minimum Gasteiger partial charge on any atom is -0.353 e. The molecule has 0 aromatic rings. The average molecular weight is 318 g/mol. The Morgan fingerprint density at radius 3 is 2.00 bits per heavy atom. The van der Waals surface area contributed by atoms with Gasteiger partial charge in [0.15, 0.2) is 6.29 Å². The molecule has 0 unspecified atom stereocenters. The van der Waals surface area contributed by atoms with Gasteiger partial charge in [0.25, 0.3) is 11.8 Å². The van der Waals surface area contributed by atoms with Gasteiger partial charge in [0, 0.05) is 38.9 Å². The summed E-state index contributed by atoms with van der Waals surface area (Å²) in [4.78, 5) is 36.9. The molecule has 0 aromatic carbocycles. The van der Waals surface area contributed by atoms with E-state index in [1.807, 2.05) is 13.8 Å². The third-order valence-electron chi connectivity index (χ3n) is 2.60. The molecule has 0 radical (unpaired) electrons. The van der Waals surface area contributed by atoms with Gasteiger partial charge in [-0.15, -0.1) is 5.06 Å². The van der Waals surface area contributed by atoms with Crippen LogP contribution in [0.3, 0.4) is 0 Å². The van der Waals surface area contributed by atoms with Gasteiger partial charge in [-0.3, -0.25) is 9.59 Å². The van der Waals surface area contributed by atoms with Crippen LogP contribution in [0.4, 0.5) is 0 Å². The molecule has 0 aliphatic carbocycles. The first-order valence-corrected chi connectivity index (χ1v) is 7.49. The Balaban J connectivity index is 0.000000409. The van der Waals surface area contributed by atoms with E-state index in [0.717, 1.165) is 6.42 Å². The van der Waals surface area contributed by atoms with Crippen LogP contribution in [0.5, 0.6) is 0 Å². The van der Waals surface area contributed by atoms with Gasteiger partial charge in [-0.2, -0.15) is 0 Å². The Morgan fingerprint density at radius 2 is 1.64 bits per heavy atom. The molecule has 22 heavy (non-hydrogen) atoms. The lowest BCUT2D eigenvalue weighted by Crippen LogP contribution is -2.31. The highest BCUT2D eigenvalue weighted by Gasteiger charge is 2.32. The molecule has 0 spiro atoms. The molecular formula is C14H26N2O6. The van der Waals surface area contributed by atoms with E-state index in [2.05, 4.69) is 4.84 Å². The van der Waals surface area contributed by atoms with Crippen molar-refractivity contribution in [2.24, 2.45) is 5.73 Å². The number of imide groups is 1. The number of hydrogen-bond acceptors (Lipinski definition) is 7. The molecule has 1 saturated heterocycles. The molecule has 2 amide bonds. The zero-order chi connectivity index (χ0) is 17.0. The van der Waals surface area contributed by atoms with E-state index in [9.17, 15) is 14.4 Å². The van der Waals surface area contributed by atoms with Gasteiger partial charge in [0.1, 0.15) is 0 Å². The smallest absolute Gasteiger partial charge is 0.332 e. The first-order chi connectivity index (χ1) is 10.5. The summed E-state index contributed by atoms with van der Waals surface area (Å²) in [6.07, 6.45) is 1.10. The zero-order valence-corrected chi connectivity index (χ0v) is 13.5. The fraction of sp³-hybridized carbons (Fsp3) is 0.786. The molecule has 0 aromatic heterocycles. The summed E-state index contributed by atoms with van der Waals surface area (Å²) in [6.45, 7) is 7.47. The lowest BCUT2D eigenvalue weighted by molar-refractivity contribution is -0.197. The molecule has 8 heteroatoms. The van der Waals surface area contributed by atoms with Crippen LogP contribution >= 0.6 is 0 Å². The normalized spacial score (nSPS) is 14.1. The first-order valence-electron chi connectivity index (χ1n) is 7.49. The van der Waals surface area contributed by atoms with Gasteiger partial charge in [0.2, 0.25) is 0 Å². The number of carbonyl (C=O) groups is 3. The van der Waals surface area contributed by atoms with Crippen LogP contribution in [-0.2, 0) is 28.7 Å². The van der Waals surface area contributed by atoms with Crippen LogP contribution in [0, 0.1) is 0 Å². The topological polar surface area (TPSA) is 108 Å². The van der Waals surface area contributed by atoms with Crippen molar-refractivity contribution in [3.63, 3.8) is 0 Å². The summed E-state index contributed by atoms with van der Waals surface area (Å²) < 4.78 is 10.4. The summed E-state index contributed by atoms with van der Waals surface area (Å²) in [7, 11) is 0. The second-order valence-electron chi connectivity index (χ2n) is 4.32. The minimum absolute atomic E-state index is 0.0972. The summed E-state index contributed by atoms with van der Waals surface area (Å²) in [6, 6.07) is 0. The van der Waals surface area contributed by atoms with Gasteiger partial charge >= 0.3 is 5.97 Å². The van der Waals surface area contributed by atoms with Crippen LogP contribution in [0.25, 0.3) is 0 Å².